The summed E-state index contributed by atoms with van der Waals surface area (Å²) in [5, 5.41) is 3.53. The smallest absolute Gasteiger partial charge is 0.239 e. The van der Waals surface area contributed by atoms with Crippen molar-refractivity contribution in [1.82, 2.24) is 10.2 Å². The van der Waals surface area contributed by atoms with Crippen molar-refractivity contribution < 1.29 is 4.79 Å². The van der Waals surface area contributed by atoms with E-state index in [1.165, 1.54) is 44.9 Å². The Balaban J connectivity index is 1.39. The van der Waals surface area contributed by atoms with Crippen LogP contribution in [0.5, 0.6) is 0 Å². The fourth-order valence-corrected chi connectivity index (χ4v) is 3.72. The highest BCUT2D eigenvalue weighted by atomic mass is 16.2. The van der Waals surface area contributed by atoms with E-state index < -0.39 is 0 Å². The van der Waals surface area contributed by atoms with Gasteiger partial charge in [0, 0.05) is 19.1 Å². The summed E-state index contributed by atoms with van der Waals surface area (Å²) in [7, 11) is 0. The van der Waals surface area contributed by atoms with Crippen LogP contribution in [0.25, 0.3) is 0 Å². The minimum Gasteiger partial charge on any atom is -0.341 e. The van der Waals surface area contributed by atoms with E-state index >= 15 is 0 Å². The van der Waals surface area contributed by atoms with Gasteiger partial charge in [-0.1, -0.05) is 0 Å². The second-order valence-electron chi connectivity index (χ2n) is 7.03. The highest BCUT2D eigenvalue weighted by Gasteiger charge is 2.55. The van der Waals surface area contributed by atoms with E-state index in [1.807, 2.05) is 0 Å². The highest BCUT2D eigenvalue weighted by molar-refractivity contribution is 5.82. The molecule has 4 aliphatic rings. The fourth-order valence-electron chi connectivity index (χ4n) is 3.72. The van der Waals surface area contributed by atoms with Gasteiger partial charge in [0.15, 0.2) is 0 Å². The molecule has 4 rings (SSSR count). The quantitative estimate of drug-likeness (QED) is 0.806. The van der Waals surface area contributed by atoms with Gasteiger partial charge in [-0.3, -0.25) is 4.79 Å². The molecule has 3 aliphatic carbocycles. The first-order valence-corrected chi connectivity index (χ1v) is 7.82. The predicted octanol–water partition coefficient (Wildman–Crippen LogP) is 1.92. The number of piperidine rings is 1. The van der Waals surface area contributed by atoms with Gasteiger partial charge in [0.2, 0.25) is 5.91 Å². The summed E-state index contributed by atoms with van der Waals surface area (Å²) >= 11 is 0. The number of hydrogen-bond acceptors (Lipinski definition) is 2. The van der Waals surface area contributed by atoms with Crippen LogP contribution in [0.4, 0.5) is 0 Å². The number of rotatable bonds is 5. The van der Waals surface area contributed by atoms with Crippen molar-refractivity contribution in [2.75, 3.05) is 13.1 Å². The molecule has 1 saturated heterocycles. The van der Waals surface area contributed by atoms with E-state index in [2.05, 4.69) is 10.2 Å². The summed E-state index contributed by atoms with van der Waals surface area (Å²) in [6.45, 7) is 2.08. The van der Waals surface area contributed by atoms with E-state index in [-0.39, 0.29) is 6.04 Å². The molecule has 0 aromatic heterocycles. The van der Waals surface area contributed by atoms with Gasteiger partial charge in [-0.2, -0.15) is 0 Å². The van der Waals surface area contributed by atoms with Crippen LogP contribution in [0, 0.1) is 11.3 Å². The minimum atomic E-state index is 0.140. The summed E-state index contributed by atoms with van der Waals surface area (Å²) in [6.07, 6.45) is 10.4. The Morgan fingerprint density at radius 2 is 1.94 bits per heavy atom. The van der Waals surface area contributed by atoms with Crippen LogP contribution in [-0.4, -0.2) is 36.0 Å². The Morgan fingerprint density at radius 3 is 2.56 bits per heavy atom. The Kier molecular flexibility index (Phi) is 2.48. The van der Waals surface area contributed by atoms with Crippen LogP contribution in [0.1, 0.15) is 51.4 Å². The fraction of sp³-hybridized carbons (Fsp3) is 0.933. The first kappa shape index (κ1) is 11.3. The molecule has 0 bridgehead atoms. The largest absolute Gasteiger partial charge is 0.341 e. The molecule has 0 aromatic rings. The molecule has 3 heteroatoms. The number of nitrogens with one attached hydrogen (secondary N) is 1. The van der Waals surface area contributed by atoms with Crippen molar-refractivity contribution in [2.24, 2.45) is 11.3 Å². The maximum absolute atomic E-state index is 12.5. The molecule has 3 nitrogen and oxygen atoms in total. The number of carbonyl (C=O) groups is 1. The second-order valence-corrected chi connectivity index (χ2v) is 7.03. The van der Waals surface area contributed by atoms with Crippen molar-refractivity contribution in [3.8, 4) is 0 Å². The van der Waals surface area contributed by atoms with Crippen LogP contribution in [-0.2, 0) is 4.79 Å². The molecule has 4 fully saturated rings. The van der Waals surface area contributed by atoms with Crippen LogP contribution in [0.15, 0.2) is 0 Å². The third-order valence-corrected chi connectivity index (χ3v) is 5.39. The maximum atomic E-state index is 12.5. The average Bonchev–Trinajstić information content (AvgIpc) is 3.22. The predicted molar refractivity (Wildman–Crippen MR) is 70.2 cm³/mol. The number of amides is 1. The van der Waals surface area contributed by atoms with Crippen molar-refractivity contribution in [3.63, 3.8) is 0 Å². The van der Waals surface area contributed by atoms with E-state index in [0.29, 0.717) is 17.4 Å². The molecule has 0 aromatic carbocycles. The van der Waals surface area contributed by atoms with Crippen LogP contribution >= 0.6 is 0 Å². The summed E-state index contributed by atoms with van der Waals surface area (Å²) in [5.41, 5.74) is 0.567. The van der Waals surface area contributed by atoms with Gasteiger partial charge in [-0.25, -0.2) is 0 Å². The van der Waals surface area contributed by atoms with Gasteiger partial charge in [-0.15, -0.1) is 0 Å². The van der Waals surface area contributed by atoms with Gasteiger partial charge in [0.25, 0.3) is 0 Å². The molecule has 1 atom stereocenters. The minimum absolute atomic E-state index is 0.140. The van der Waals surface area contributed by atoms with E-state index in [1.54, 1.807) is 0 Å². The monoisotopic (exact) mass is 248 g/mol. The molecular formula is C15H24N2O. The van der Waals surface area contributed by atoms with E-state index in [0.717, 1.165) is 25.4 Å². The van der Waals surface area contributed by atoms with Crippen LogP contribution in [0.2, 0.25) is 0 Å². The van der Waals surface area contributed by atoms with Gasteiger partial charge >= 0.3 is 0 Å². The van der Waals surface area contributed by atoms with Crippen LogP contribution in [0.3, 0.4) is 0 Å². The zero-order chi connectivity index (χ0) is 12.2. The number of nitrogens with zero attached hydrogens (tertiary/aromatic N) is 1. The SMILES string of the molecule is O=C1C(NC2CC2)CCCN1CC1(C2CC2)CC1. The zero-order valence-corrected chi connectivity index (χ0v) is 11.2. The lowest BCUT2D eigenvalue weighted by Crippen LogP contribution is -2.52. The van der Waals surface area contributed by atoms with E-state index in [9.17, 15) is 4.79 Å². The molecule has 1 heterocycles. The Labute approximate surface area is 109 Å². The Morgan fingerprint density at radius 1 is 1.17 bits per heavy atom. The Bertz CT molecular complexity index is 356. The molecule has 1 amide bonds. The lowest BCUT2D eigenvalue weighted by atomic mass is 9.97. The molecule has 100 valence electrons. The molecular weight excluding hydrogens is 224 g/mol. The number of likely N-dealkylation sites (tertiary alicyclic amines) is 1. The van der Waals surface area contributed by atoms with Crippen molar-refractivity contribution in [2.45, 2.75) is 63.5 Å². The average molecular weight is 248 g/mol. The molecule has 18 heavy (non-hydrogen) atoms. The van der Waals surface area contributed by atoms with Crippen molar-refractivity contribution >= 4 is 5.91 Å². The summed E-state index contributed by atoms with van der Waals surface area (Å²) in [6, 6.07) is 0.790. The molecule has 1 unspecified atom stereocenters. The molecule has 0 spiro atoms. The first-order chi connectivity index (χ1) is 8.77. The van der Waals surface area contributed by atoms with Crippen LogP contribution < -0.4 is 5.32 Å². The molecule has 3 saturated carbocycles. The number of hydrogen-bond donors (Lipinski definition) is 1. The van der Waals surface area contributed by atoms with E-state index in [4.69, 9.17) is 0 Å². The standard InChI is InChI=1S/C15H24N2O/c18-14-13(16-12-5-6-12)2-1-9-17(14)10-15(7-8-15)11-3-4-11/h11-13,16H,1-10H2. The lowest BCUT2D eigenvalue weighted by Gasteiger charge is -2.35. The molecule has 1 aliphatic heterocycles. The molecule has 1 N–H and O–H groups in total. The normalized spacial score (nSPS) is 34.8. The van der Waals surface area contributed by atoms with Gasteiger partial charge in [-0.05, 0) is 62.7 Å². The lowest BCUT2D eigenvalue weighted by molar-refractivity contribution is -0.137. The third kappa shape index (κ3) is 2.07. The van der Waals surface area contributed by atoms with Crippen molar-refractivity contribution in [3.05, 3.63) is 0 Å². The van der Waals surface area contributed by atoms with Gasteiger partial charge < -0.3 is 10.2 Å². The highest BCUT2D eigenvalue weighted by Crippen LogP contribution is 2.61. The summed E-state index contributed by atoms with van der Waals surface area (Å²) in [5.74, 6) is 1.36. The number of carbonyl (C=O) groups excluding carboxylic acids is 1. The summed E-state index contributed by atoms with van der Waals surface area (Å²) in [4.78, 5) is 14.7. The van der Waals surface area contributed by atoms with Gasteiger partial charge in [0.05, 0.1) is 6.04 Å². The second kappa shape index (κ2) is 3.96. The van der Waals surface area contributed by atoms with Crippen molar-refractivity contribution in [1.29, 1.82) is 0 Å². The zero-order valence-electron chi connectivity index (χ0n) is 11.2. The summed E-state index contributed by atoms with van der Waals surface area (Å²) < 4.78 is 0. The topological polar surface area (TPSA) is 32.3 Å². The maximum Gasteiger partial charge on any atom is 0.239 e. The Hall–Kier alpha value is -0.570. The van der Waals surface area contributed by atoms with Gasteiger partial charge in [0.1, 0.15) is 0 Å². The first-order valence-electron chi connectivity index (χ1n) is 7.82. The third-order valence-electron chi connectivity index (χ3n) is 5.39. The molecule has 0 radical (unpaired) electrons.